The molecule has 0 aliphatic carbocycles. The molecule has 5 heteroatoms. The van der Waals surface area contributed by atoms with Crippen molar-refractivity contribution >= 4 is 39.5 Å². The predicted molar refractivity (Wildman–Crippen MR) is 123 cm³/mol. The summed E-state index contributed by atoms with van der Waals surface area (Å²) in [6.45, 7) is 2.25. The first-order valence-corrected chi connectivity index (χ1v) is 11.0. The Morgan fingerprint density at radius 3 is 2.52 bits per heavy atom. The zero-order chi connectivity index (χ0) is 21.6. The molecule has 4 aromatic rings. The van der Waals surface area contributed by atoms with E-state index in [2.05, 4.69) is 0 Å². The zero-order valence-corrected chi connectivity index (χ0v) is 17.9. The molecule has 1 aromatic heterocycles. The summed E-state index contributed by atoms with van der Waals surface area (Å²) in [5.74, 6) is -0.681. The van der Waals surface area contributed by atoms with Crippen LogP contribution in [0.15, 0.2) is 78.9 Å². The first-order valence-electron chi connectivity index (χ1n) is 10.2. The van der Waals surface area contributed by atoms with Crippen LogP contribution in [0.4, 0.5) is 5.69 Å². The Morgan fingerprint density at radius 1 is 0.968 bits per heavy atom. The number of benzene rings is 3. The largest absolute Gasteiger partial charge is 0.375 e. The molecule has 31 heavy (non-hydrogen) atoms. The lowest BCUT2D eigenvalue weighted by Crippen LogP contribution is -2.41. The number of nitrogens with zero attached hydrogens (tertiary/aromatic N) is 1. The maximum absolute atomic E-state index is 13.5. The van der Waals surface area contributed by atoms with E-state index in [9.17, 15) is 14.7 Å². The highest BCUT2D eigenvalue weighted by Crippen LogP contribution is 2.44. The number of anilines is 1. The molecule has 0 bridgehead atoms. The van der Waals surface area contributed by atoms with Crippen molar-refractivity contribution in [3.63, 3.8) is 0 Å². The van der Waals surface area contributed by atoms with Gasteiger partial charge in [-0.25, -0.2) is 0 Å². The van der Waals surface area contributed by atoms with Gasteiger partial charge in [0.1, 0.15) is 0 Å². The van der Waals surface area contributed by atoms with Crippen molar-refractivity contribution in [3.05, 3.63) is 99.7 Å². The quantitative estimate of drug-likeness (QED) is 0.445. The van der Waals surface area contributed by atoms with Crippen molar-refractivity contribution in [2.24, 2.45) is 0 Å². The number of Topliss-reactive ketones (excluding diaryl/α,β-unsaturated/α-hetero) is 1. The summed E-state index contributed by atoms with van der Waals surface area (Å²) in [6.07, 6.45) is -0.269. The van der Waals surface area contributed by atoms with E-state index in [4.69, 9.17) is 0 Å². The van der Waals surface area contributed by atoms with E-state index in [0.717, 1.165) is 21.2 Å². The molecule has 0 radical (unpaired) electrons. The maximum Gasteiger partial charge on any atom is 0.264 e. The third-order valence-electron chi connectivity index (χ3n) is 5.88. The molecule has 1 aliphatic heterocycles. The van der Waals surface area contributed by atoms with Gasteiger partial charge in [-0.1, -0.05) is 60.7 Å². The van der Waals surface area contributed by atoms with E-state index in [0.29, 0.717) is 22.7 Å². The number of amides is 1. The molecular formula is C26H21NO3S. The lowest BCUT2D eigenvalue weighted by Gasteiger charge is -2.23. The molecule has 154 valence electrons. The first kappa shape index (κ1) is 19.7. The number of carbonyl (C=O) groups excluding carboxylic acids is 2. The number of hydrogen-bond donors (Lipinski definition) is 1. The summed E-state index contributed by atoms with van der Waals surface area (Å²) in [5.41, 5.74) is 0.265. The van der Waals surface area contributed by atoms with E-state index in [1.807, 2.05) is 67.6 Å². The van der Waals surface area contributed by atoms with E-state index >= 15 is 0 Å². The van der Waals surface area contributed by atoms with Gasteiger partial charge in [0.05, 0.1) is 23.5 Å². The van der Waals surface area contributed by atoms with Gasteiger partial charge in [-0.2, -0.15) is 0 Å². The van der Waals surface area contributed by atoms with Crippen LogP contribution in [0.2, 0.25) is 0 Å². The van der Waals surface area contributed by atoms with Gasteiger partial charge in [0.25, 0.3) is 5.91 Å². The van der Waals surface area contributed by atoms with E-state index in [1.54, 1.807) is 23.1 Å². The third-order valence-corrected chi connectivity index (χ3v) is 6.92. The van der Waals surface area contributed by atoms with Gasteiger partial charge in [-0.05, 0) is 41.5 Å². The van der Waals surface area contributed by atoms with Crippen LogP contribution >= 0.6 is 11.3 Å². The van der Waals surface area contributed by atoms with Crippen molar-refractivity contribution in [3.8, 4) is 0 Å². The molecule has 0 spiro atoms. The van der Waals surface area contributed by atoms with Gasteiger partial charge in [0.15, 0.2) is 11.4 Å². The standard InChI is InChI=1S/C26H21NO3S/c1-17-13-14-24(31-17)23(28)15-26(30)21-11-4-5-12-22(21)27(25(26)29)16-19-9-6-8-18-7-2-3-10-20(18)19/h2-14,30H,15-16H2,1H3. The van der Waals surface area contributed by atoms with Gasteiger partial charge >= 0.3 is 0 Å². The molecule has 1 atom stereocenters. The molecule has 1 N–H and O–H groups in total. The first-order chi connectivity index (χ1) is 15.0. The van der Waals surface area contributed by atoms with Crippen LogP contribution in [0.1, 0.15) is 32.1 Å². The Balaban J connectivity index is 1.53. The van der Waals surface area contributed by atoms with Crippen LogP contribution < -0.4 is 4.90 Å². The minimum atomic E-state index is -1.86. The second-order valence-electron chi connectivity index (χ2n) is 7.92. The van der Waals surface area contributed by atoms with Gasteiger partial charge < -0.3 is 10.0 Å². The number of carbonyl (C=O) groups is 2. The van der Waals surface area contributed by atoms with Crippen LogP contribution in [-0.2, 0) is 16.9 Å². The SMILES string of the molecule is Cc1ccc(C(=O)CC2(O)C(=O)N(Cc3cccc4ccccc34)c3ccccc32)s1. The third kappa shape index (κ3) is 3.26. The monoisotopic (exact) mass is 427 g/mol. The highest BCUT2D eigenvalue weighted by atomic mass is 32.1. The molecule has 2 heterocycles. The summed E-state index contributed by atoms with van der Waals surface area (Å²) < 4.78 is 0. The fourth-order valence-corrected chi connectivity index (χ4v) is 5.14. The smallest absolute Gasteiger partial charge is 0.264 e. The van der Waals surface area contributed by atoms with Crippen molar-refractivity contribution in [2.75, 3.05) is 4.90 Å². The number of para-hydroxylation sites is 1. The van der Waals surface area contributed by atoms with Crippen molar-refractivity contribution in [1.82, 2.24) is 0 Å². The molecule has 0 fully saturated rings. The van der Waals surface area contributed by atoms with Gasteiger partial charge in [-0.3, -0.25) is 9.59 Å². The van der Waals surface area contributed by atoms with Crippen LogP contribution in [0.3, 0.4) is 0 Å². The van der Waals surface area contributed by atoms with Gasteiger partial charge in [0, 0.05) is 10.4 Å². The lowest BCUT2D eigenvalue weighted by molar-refractivity contribution is -0.136. The number of fused-ring (bicyclic) bond motifs is 2. The molecule has 0 saturated heterocycles. The normalized spacial score (nSPS) is 17.9. The molecular weight excluding hydrogens is 406 g/mol. The Kier molecular flexibility index (Phi) is 4.73. The second-order valence-corrected chi connectivity index (χ2v) is 9.21. The number of rotatable bonds is 5. The Morgan fingerprint density at radius 2 is 1.71 bits per heavy atom. The number of aryl methyl sites for hydroxylation is 1. The number of aliphatic hydroxyl groups is 1. The molecule has 0 saturated carbocycles. The van der Waals surface area contributed by atoms with Crippen LogP contribution in [0, 0.1) is 6.92 Å². The number of thiophene rings is 1. The van der Waals surface area contributed by atoms with Crippen molar-refractivity contribution < 1.29 is 14.7 Å². The van der Waals surface area contributed by atoms with Gasteiger partial charge in [0.2, 0.25) is 0 Å². The fourth-order valence-electron chi connectivity index (χ4n) is 4.34. The number of hydrogen-bond acceptors (Lipinski definition) is 4. The molecule has 4 nitrogen and oxygen atoms in total. The summed E-state index contributed by atoms with van der Waals surface area (Å²) in [7, 11) is 0. The summed E-state index contributed by atoms with van der Waals surface area (Å²) in [6, 6.07) is 24.9. The zero-order valence-electron chi connectivity index (χ0n) is 17.0. The molecule has 1 aliphatic rings. The average Bonchev–Trinajstić information content (AvgIpc) is 3.30. The molecule has 3 aromatic carbocycles. The number of ketones is 1. The fraction of sp³-hybridized carbons (Fsp3) is 0.154. The molecule has 1 unspecified atom stereocenters. The summed E-state index contributed by atoms with van der Waals surface area (Å²) >= 11 is 1.38. The minimum Gasteiger partial charge on any atom is -0.375 e. The van der Waals surface area contributed by atoms with E-state index in [1.165, 1.54) is 11.3 Å². The Labute approximate surface area is 184 Å². The highest BCUT2D eigenvalue weighted by Gasteiger charge is 2.50. The van der Waals surface area contributed by atoms with E-state index < -0.39 is 11.5 Å². The lowest BCUT2D eigenvalue weighted by atomic mass is 9.89. The molecule has 1 amide bonds. The predicted octanol–water partition coefficient (Wildman–Crippen LogP) is 5.22. The Hall–Kier alpha value is -3.28. The summed E-state index contributed by atoms with van der Waals surface area (Å²) in [4.78, 5) is 29.6. The minimum absolute atomic E-state index is 0.226. The van der Waals surface area contributed by atoms with Crippen molar-refractivity contribution in [2.45, 2.75) is 25.5 Å². The van der Waals surface area contributed by atoms with Crippen LogP contribution in [0.5, 0.6) is 0 Å². The van der Waals surface area contributed by atoms with Gasteiger partial charge in [-0.15, -0.1) is 11.3 Å². The van der Waals surface area contributed by atoms with E-state index in [-0.39, 0.29) is 12.2 Å². The topological polar surface area (TPSA) is 57.6 Å². The molecule has 5 rings (SSSR count). The average molecular weight is 428 g/mol. The van der Waals surface area contributed by atoms with Crippen molar-refractivity contribution in [1.29, 1.82) is 0 Å². The maximum atomic E-state index is 13.5. The van der Waals surface area contributed by atoms with Crippen LogP contribution in [-0.4, -0.2) is 16.8 Å². The Bertz CT molecular complexity index is 1320. The highest BCUT2D eigenvalue weighted by molar-refractivity contribution is 7.14. The van der Waals surface area contributed by atoms with Crippen LogP contribution in [0.25, 0.3) is 10.8 Å². The second kappa shape index (κ2) is 7.45. The summed E-state index contributed by atoms with van der Waals surface area (Å²) in [5, 5.41) is 13.7.